The van der Waals surface area contributed by atoms with E-state index in [9.17, 15) is 4.79 Å². The molecule has 7 heteroatoms. The Morgan fingerprint density at radius 1 is 1.13 bits per heavy atom. The van der Waals surface area contributed by atoms with Crippen LogP contribution in [0.4, 0.5) is 10.5 Å². The maximum absolute atomic E-state index is 12.0. The van der Waals surface area contributed by atoms with Crippen LogP contribution in [0.2, 0.25) is 0 Å². The Hall–Kier alpha value is -2.44. The van der Waals surface area contributed by atoms with E-state index in [-0.39, 0.29) is 12.1 Å². The fourth-order valence-electron chi connectivity index (χ4n) is 3.58. The van der Waals surface area contributed by atoms with Crippen LogP contribution in [0.3, 0.4) is 0 Å². The van der Waals surface area contributed by atoms with Crippen molar-refractivity contribution >= 4 is 17.7 Å². The molecule has 1 aromatic carbocycles. The summed E-state index contributed by atoms with van der Waals surface area (Å²) >= 11 is 0. The van der Waals surface area contributed by atoms with E-state index in [4.69, 9.17) is 4.74 Å². The molecule has 0 bridgehead atoms. The highest BCUT2D eigenvalue weighted by molar-refractivity contribution is 5.80. The van der Waals surface area contributed by atoms with Crippen LogP contribution in [-0.2, 0) is 11.3 Å². The molecule has 0 aliphatic heterocycles. The topological polar surface area (TPSA) is 78.0 Å². The summed E-state index contributed by atoms with van der Waals surface area (Å²) in [6.07, 6.45) is 3.50. The third-order valence-electron chi connectivity index (χ3n) is 5.30. The van der Waals surface area contributed by atoms with Crippen LogP contribution in [0.25, 0.3) is 0 Å². The molecule has 0 radical (unpaired) electrons. The van der Waals surface area contributed by atoms with E-state index in [0.717, 1.165) is 38.2 Å². The smallest absolute Gasteiger partial charge is 0.407 e. The van der Waals surface area contributed by atoms with Crippen molar-refractivity contribution in [1.29, 1.82) is 0 Å². The van der Waals surface area contributed by atoms with Crippen LogP contribution in [0.5, 0.6) is 0 Å². The van der Waals surface area contributed by atoms with E-state index in [1.54, 1.807) is 7.05 Å². The molecule has 0 atom stereocenters. The number of alkyl carbamates (subject to hydrolysis) is 1. The van der Waals surface area contributed by atoms with Gasteiger partial charge in [0.05, 0.1) is 0 Å². The van der Waals surface area contributed by atoms with E-state index in [1.165, 1.54) is 16.8 Å². The van der Waals surface area contributed by atoms with Crippen molar-refractivity contribution in [3.63, 3.8) is 0 Å². The highest BCUT2D eigenvalue weighted by Gasteiger charge is 2.25. The Balaban J connectivity index is 1.78. The van der Waals surface area contributed by atoms with Crippen LogP contribution in [0, 0.1) is 6.92 Å². The third-order valence-corrected chi connectivity index (χ3v) is 5.30. The molecule has 1 fully saturated rings. The lowest BCUT2D eigenvalue weighted by Gasteiger charge is -2.31. The molecule has 2 rings (SSSR count). The summed E-state index contributed by atoms with van der Waals surface area (Å²) in [5, 5.41) is 9.94. The van der Waals surface area contributed by atoms with Crippen molar-refractivity contribution in [2.45, 2.75) is 77.6 Å². The number of carbonyl (C=O) groups is 1. The number of carbonyl (C=O) groups excluding carboxylic acids is 1. The first-order chi connectivity index (χ1) is 14.1. The van der Waals surface area contributed by atoms with Crippen LogP contribution in [0.1, 0.15) is 57.6 Å². The Morgan fingerprint density at radius 2 is 1.73 bits per heavy atom. The molecule has 30 heavy (non-hydrogen) atoms. The van der Waals surface area contributed by atoms with Crippen molar-refractivity contribution in [2.24, 2.45) is 4.99 Å². The number of aryl methyl sites for hydroxylation is 1. The SMILES string of the molecule is CN=C(NCc1ccc(N(C)C)cc1C)NC1CCC(NC(=O)OC(C)(C)C)CC1. The molecule has 0 spiro atoms. The number of guanidine groups is 1. The molecule has 0 unspecified atom stereocenters. The molecule has 7 nitrogen and oxygen atoms in total. The molecule has 168 valence electrons. The molecular formula is C23H39N5O2. The van der Waals surface area contributed by atoms with Gasteiger partial charge in [0.2, 0.25) is 0 Å². The Bertz CT molecular complexity index is 732. The van der Waals surface area contributed by atoms with E-state index < -0.39 is 5.60 Å². The highest BCUT2D eigenvalue weighted by Crippen LogP contribution is 2.20. The van der Waals surface area contributed by atoms with Gasteiger partial charge in [-0.2, -0.15) is 0 Å². The monoisotopic (exact) mass is 417 g/mol. The second kappa shape index (κ2) is 10.5. The molecule has 0 saturated heterocycles. The quantitative estimate of drug-likeness (QED) is 0.504. The lowest BCUT2D eigenvalue weighted by molar-refractivity contribution is 0.0490. The number of amides is 1. The van der Waals surface area contributed by atoms with Crippen molar-refractivity contribution in [3.8, 4) is 0 Å². The largest absolute Gasteiger partial charge is 0.444 e. The zero-order valence-electron chi connectivity index (χ0n) is 19.6. The van der Waals surface area contributed by atoms with Crippen molar-refractivity contribution in [3.05, 3.63) is 29.3 Å². The van der Waals surface area contributed by atoms with Crippen LogP contribution >= 0.6 is 0 Å². The minimum absolute atomic E-state index is 0.172. The Labute approximate surface area is 181 Å². The first-order valence-corrected chi connectivity index (χ1v) is 10.8. The molecule has 1 aliphatic carbocycles. The molecule has 1 aliphatic rings. The fraction of sp³-hybridized carbons (Fsp3) is 0.652. The summed E-state index contributed by atoms with van der Waals surface area (Å²) in [6.45, 7) is 8.51. The van der Waals surface area contributed by atoms with Crippen molar-refractivity contribution < 1.29 is 9.53 Å². The number of anilines is 1. The maximum atomic E-state index is 12.0. The number of nitrogens with zero attached hydrogens (tertiary/aromatic N) is 2. The van der Waals surface area contributed by atoms with Gasteiger partial charge in [-0.25, -0.2) is 4.79 Å². The lowest BCUT2D eigenvalue weighted by atomic mass is 9.91. The van der Waals surface area contributed by atoms with Gasteiger partial charge in [0.25, 0.3) is 0 Å². The molecule has 0 heterocycles. The molecule has 3 N–H and O–H groups in total. The van der Waals surface area contributed by atoms with Gasteiger partial charge in [-0.05, 0) is 76.6 Å². The molecule has 1 aromatic rings. The van der Waals surface area contributed by atoms with Gasteiger partial charge in [0.1, 0.15) is 5.60 Å². The number of hydrogen-bond donors (Lipinski definition) is 3. The van der Waals surface area contributed by atoms with Gasteiger partial charge < -0.3 is 25.6 Å². The number of benzene rings is 1. The van der Waals surface area contributed by atoms with Gasteiger partial charge in [-0.3, -0.25) is 4.99 Å². The Kier molecular flexibility index (Phi) is 8.38. The van der Waals surface area contributed by atoms with Crippen molar-refractivity contribution in [2.75, 3.05) is 26.0 Å². The van der Waals surface area contributed by atoms with Gasteiger partial charge in [0, 0.05) is 45.5 Å². The minimum atomic E-state index is -0.466. The van der Waals surface area contributed by atoms with Gasteiger partial charge >= 0.3 is 6.09 Å². The summed E-state index contributed by atoms with van der Waals surface area (Å²) in [6, 6.07) is 7.03. The van der Waals surface area contributed by atoms with E-state index in [0.29, 0.717) is 6.04 Å². The first kappa shape index (κ1) is 23.8. The molecular weight excluding hydrogens is 378 g/mol. The molecule has 1 amide bonds. The van der Waals surface area contributed by atoms with Crippen LogP contribution in [-0.4, -0.2) is 50.9 Å². The second-order valence-electron chi connectivity index (χ2n) is 9.27. The highest BCUT2D eigenvalue weighted by atomic mass is 16.6. The number of hydrogen-bond acceptors (Lipinski definition) is 4. The van der Waals surface area contributed by atoms with Crippen LogP contribution in [0.15, 0.2) is 23.2 Å². The number of aliphatic imine (C=N–C) groups is 1. The van der Waals surface area contributed by atoms with Crippen molar-refractivity contribution in [1.82, 2.24) is 16.0 Å². The number of nitrogens with one attached hydrogen (secondary N) is 3. The summed E-state index contributed by atoms with van der Waals surface area (Å²) in [5.41, 5.74) is 3.26. The second-order valence-corrected chi connectivity index (χ2v) is 9.27. The predicted molar refractivity (Wildman–Crippen MR) is 124 cm³/mol. The Morgan fingerprint density at radius 3 is 2.23 bits per heavy atom. The van der Waals surface area contributed by atoms with E-state index >= 15 is 0 Å². The van der Waals surface area contributed by atoms with Crippen LogP contribution < -0.4 is 20.9 Å². The average molecular weight is 418 g/mol. The summed E-state index contributed by atoms with van der Waals surface area (Å²) in [5.74, 6) is 0.814. The molecule has 0 aromatic heterocycles. The van der Waals surface area contributed by atoms with Gasteiger partial charge in [-0.15, -0.1) is 0 Å². The number of ether oxygens (including phenoxy) is 1. The average Bonchev–Trinajstić information content (AvgIpc) is 2.65. The fourth-order valence-corrected chi connectivity index (χ4v) is 3.58. The van der Waals surface area contributed by atoms with Gasteiger partial charge in [0.15, 0.2) is 5.96 Å². The summed E-state index contributed by atoms with van der Waals surface area (Å²) in [7, 11) is 5.90. The zero-order valence-corrected chi connectivity index (χ0v) is 19.6. The minimum Gasteiger partial charge on any atom is -0.444 e. The maximum Gasteiger partial charge on any atom is 0.407 e. The normalized spacial score (nSPS) is 19.8. The predicted octanol–water partition coefficient (Wildman–Crippen LogP) is 3.56. The molecule has 1 saturated carbocycles. The third kappa shape index (κ3) is 7.76. The number of rotatable bonds is 5. The lowest BCUT2D eigenvalue weighted by Crippen LogP contribution is -2.48. The van der Waals surface area contributed by atoms with Gasteiger partial charge in [-0.1, -0.05) is 6.07 Å². The summed E-state index contributed by atoms with van der Waals surface area (Å²) < 4.78 is 5.36. The zero-order chi connectivity index (χ0) is 22.3. The standard InChI is InChI=1S/C23H39N5O2/c1-16-14-20(28(6)7)13-8-17(16)15-25-21(24-5)26-18-9-11-19(12-10-18)27-22(29)30-23(2,3)4/h8,13-14,18-19H,9-12,15H2,1-7H3,(H,27,29)(H2,24,25,26). The van der Waals surface area contributed by atoms with E-state index in [1.807, 2.05) is 20.8 Å². The first-order valence-electron chi connectivity index (χ1n) is 10.8. The van der Waals surface area contributed by atoms with E-state index in [2.05, 4.69) is 65.1 Å². The summed E-state index contributed by atoms with van der Waals surface area (Å²) in [4.78, 5) is 18.4.